The van der Waals surface area contributed by atoms with Gasteiger partial charge in [-0.3, -0.25) is 0 Å². The summed E-state index contributed by atoms with van der Waals surface area (Å²) in [5.41, 5.74) is 5.73. The van der Waals surface area contributed by atoms with Crippen molar-refractivity contribution < 1.29 is 5.11 Å². The van der Waals surface area contributed by atoms with E-state index in [4.69, 9.17) is 10.8 Å². The molecule has 0 amide bonds. The minimum absolute atomic E-state index is 0.214. The van der Waals surface area contributed by atoms with Crippen LogP contribution in [0.5, 0.6) is 0 Å². The second-order valence-electron chi connectivity index (χ2n) is 4.25. The molecule has 0 aromatic rings. The second kappa shape index (κ2) is 5.20. The van der Waals surface area contributed by atoms with Gasteiger partial charge in [0.05, 0.1) is 6.04 Å². The molecule has 0 heterocycles. The minimum Gasteiger partial charge on any atom is -0.396 e. The predicted octanol–water partition coefficient (Wildman–Crippen LogP) is 0.460. The van der Waals surface area contributed by atoms with E-state index in [0.717, 1.165) is 19.3 Å². The molecule has 4 nitrogen and oxygen atoms in total. The van der Waals surface area contributed by atoms with Gasteiger partial charge >= 0.3 is 0 Å². The molecule has 1 aliphatic carbocycles. The van der Waals surface area contributed by atoms with Gasteiger partial charge in [0.25, 0.3) is 0 Å². The molecule has 1 saturated carbocycles. The lowest BCUT2D eigenvalue weighted by Crippen LogP contribution is -2.38. The maximum absolute atomic E-state index is 9.10. The van der Waals surface area contributed by atoms with Crippen LogP contribution in [0.2, 0.25) is 0 Å². The van der Waals surface area contributed by atoms with Crippen LogP contribution in [0.4, 0.5) is 0 Å². The Bertz CT molecular complexity index is 204. The van der Waals surface area contributed by atoms with Gasteiger partial charge in [0.15, 0.2) is 5.96 Å². The van der Waals surface area contributed by atoms with Gasteiger partial charge < -0.3 is 16.2 Å². The SMILES string of the molecule is CC(C)NC(N)=N[C@@H]1CCC[C@@H]1CO. The molecular weight excluding hydrogens is 178 g/mol. The van der Waals surface area contributed by atoms with Crippen molar-refractivity contribution in [1.29, 1.82) is 0 Å². The standard InChI is InChI=1S/C10H21N3O/c1-7(2)12-10(11)13-9-5-3-4-8(9)6-14/h7-9,14H,3-6H2,1-2H3,(H3,11,12,13)/t8-,9-/m1/s1. The van der Waals surface area contributed by atoms with Crippen LogP contribution in [0, 0.1) is 5.92 Å². The fraction of sp³-hybridized carbons (Fsp3) is 0.900. The first-order chi connectivity index (χ1) is 6.63. The second-order valence-corrected chi connectivity index (χ2v) is 4.25. The topological polar surface area (TPSA) is 70.6 Å². The summed E-state index contributed by atoms with van der Waals surface area (Å²) in [6, 6.07) is 0.527. The van der Waals surface area contributed by atoms with Gasteiger partial charge in [0, 0.05) is 18.6 Å². The van der Waals surface area contributed by atoms with Crippen LogP contribution < -0.4 is 11.1 Å². The van der Waals surface area contributed by atoms with Crippen LogP contribution in [-0.2, 0) is 0 Å². The highest BCUT2D eigenvalue weighted by molar-refractivity contribution is 5.78. The summed E-state index contributed by atoms with van der Waals surface area (Å²) in [5, 5.41) is 12.2. The van der Waals surface area contributed by atoms with E-state index < -0.39 is 0 Å². The Morgan fingerprint density at radius 3 is 2.86 bits per heavy atom. The molecule has 2 atom stereocenters. The van der Waals surface area contributed by atoms with Crippen molar-refractivity contribution >= 4 is 5.96 Å². The number of nitrogens with two attached hydrogens (primary N) is 1. The largest absolute Gasteiger partial charge is 0.396 e. The third-order valence-electron chi connectivity index (χ3n) is 2.59. The maximum atomic E-state index is 9.10. The van der Waals surface area contributed by atoms with E-state index in [2.05, 4.69) is 10.3 Å². The number of hydrogen-bond acceptors (Lipinski definition) is 2. The highest BCUT2D eigenvalue weighted by Gasteiger charge is 2.26. The summed E-state index contributed by atoms with van der Waals surface area (Å²) in [4.78, 5) is 4.39. The van der Waals surface area contributed by atoms with Gasteiger partial charge in [-0.1, -0.05) is 6.42 Å². The van der Waals surface area contributed by atoms with Crippen molar-refractivity contribution in [1.82, 2.24) is 5.32 Å². The molecule has 0 aromatic heterocycles. The minimum atomic E-state index is 0.214. The van der Waals surface area contributed by atoms with Crippen LogP contribution in [0.3, 0.4) is 0 Å². The fourth-order valence-corrected chi connectivity index (χ4v) is 1.91. The zero-order valence-corrected chi connectivity index (χ0v) is 9.03. The van der Waals surface area contributed by atoms with Gasteiger partial charge in [-0.2, -0.15) is 0 Å². The third-order valence-corrected chi connectivity index (χ3v) is 2.59. The van der Waals surface area contributed by atoms with E-state index in [-0.39, 0.29) is 12.6 Å². The summed E-state index contributed by atoms with van der Waals surface area (Å²) in [6.07, 6.45) is 3.26. The Morgan fingerprint density at radius 1 is 1.57 bits per heavy atom. The monoisotopic (exact) mass is 199 g/mol. The number of guanidine groups is 1. The molecule has 0 unspecified atom stereocenters. The third kappa shape index (κ3) is 3.18. The Labute approximate surface area is 85.6 Å². The van der Waals surface area contributed by atoms with Crippen LogP contribution in [0.15, 0.2) is 4.99 Å². The van der Waals surface area contributed by atoms with Crippen molar-refractivity contribution in [2.75, 3.05) is 6.61 Å². The predicted molar refractivity (Wildman–Crippen MR) is 58.1 cm³/mol. The van der Waals surface area contributed by atoms with Crippen molar-refractivity contribution in [2.45, 2.75) is 45.2 Å². The normalized spacial score (nSPS) is 28.4. The van der Waals surface area contributed by atoms with Crippen molar-refractivity contribution in [3.63, 3.8) is 0 Å². The van der Waals surface area contributed by atoms with E-state index in [9.17, 15) is 0 Å². The summed E-state index contributed by atoms with van der Waals surface area (Å²) < 4.78 is 0. The van der Waals surface area contributed by atoms with E-state index >= 15 is 0 Å². The highest BCUT2D eigenvalue weighted by atomic mass is 16.3. The maximum Gasteiger partial charge on any atom is 0.189 e. The van der Waals surface area contributed by atoms with Crippen molar-refractivity contribution in [3.05, 3.63) is 0 Å². The van der Waals surface area contributed by atoms with Gasteiger partial charge in [-0.25, -0.2) is 4.99 Å². The average Bonchev–Trinajstić information content (AvgIpc) is 2.50. The molecule has 82 valence electrons. The van der Waals surface area contributed by atoms with E-state index in [1.807, 2.05) is 13.8 Å². The molecule has 1 fully saturated rings. The Morgan fingerprint density at radius 2 is 2.29 bits per heavy atom. The van der Waals surface area contributed by atoms with Crippen LogP contribution in [-0.4, -0.2) is 29.8 Å². The zero-order chi connectivity index (χ0) is 10.6. The fourth-order valence-electron chi connectivity index (χ4n) is 1.91. The molecule has 14 heavy (non-hydrogen) atoms. The summed E-state index contributed by atoms with van der Waals surface area (Å²) in [7, 11) is 0. The van der Waals surface area contributed by atoms with Gasteiger partial charge in [0.1, 0.15) is 0 Å². The molecule has 0 spiro atoms. The Kier molecular flexibility index (Phi) is 4.20. The number of aliphatic hydroxyl groups is 1. The molecular formula is C10H21N3O. The summed E-state index contributed by atoms with van der Waals surface area (Å²) in [6.45, 7) is 4.28. The van der Waals surface area contributed by atoms with Crippen LogP contribution in [0.25, 0.3) is 0 Å². The van der Waals surface area contributed by atoms with Crippen LogP contribution in [0.1, 0.15) is 33.1 Å². The Balaban J connectivity index is 2.48. The van der Waals surface area contributed by atoms with E-state index in [1.54, 1.807) is 0 Å². The number of nitrogens with zero attached hydrogens (tertiary/aromatic N) is 1. The van der Waals surface area contributed by atoms with Gasteiger partial charge in [-0.05, 0) is 26.7 Å². The van der Waals surface area contributed by atoms with Crippen molar-refractivity contribution in [2.24, 2.45) is 16.6 Å². The number of aliphatic hydroxyl groups excluding tert-OH is 1. The molecule has 0 bridgehead atoms. The van der Waals surface area contributed by atoms with E-state index in [1.165, 1.54) is 0 Å². The first-order valence-electron chi connectivity index (χ1n) is 5.34. The molecule has 4 N–H and O–H groups in total. The first-order valence-corrected chi connectivity index (χ1v) is 5.34. The lowest BCUT2D eigenvalue weighted by molar-refractivity contribution is 0.218. The Hall–Kier alpha value is -0.770. The first kappa shape index (κ1) is 11.3. The molecule has 4 heteroatoms. The van der Waals surface area contributed by atoms with Crippen LogP contribution >= 0.6 is 0 Å². The average molecular weight is 199 g/mol. The lowest BCUT2D eigenvalue weighted by atomic mass is 10.1. The molecule has 0 aromatic carbocycles. The molecule has 0 saturated heterocycles. The lowest BCUT2D eigenvalue weighted by Gasteiger charge is -2.15. The summed E-state index contributed by atoms with van der Waals surface area (Å²) in [5.74, 6) is 0.813. The van der Waals surface area contributed by atoms with Gasteiger partial charge in [0.2, 0.25) is 0 Å². The summed E-state index contributed by atoms with van der Waals surface area (Å²) >= 11 is 0. The number of nitrogens with one attached hydrogen (secondary N) is 1. The number of rotatable bonds is 3. The highest BCUT2D eigenvalue weighted by Crippen LogP contribution is 2.27. The van der Waals surface area contributed by atoms with Crippen molar-refractivity contribution in [3.8, 4) is 0 Å². The number of aliphatic imine (C=N–C) groups is 1. The number of hydrogen-bond donors (Lipinski definition) is 3. The zero-order valence-electron chi connectivity index (χ0n) is 9.03. The molecule has 1 rings (SSSR count). The van der Waals surface area contributed by atoms with Gasteiger partial charge in [-0.15, -0.1) is 0 Å². The molecule has 0 radical (unpaired) electrons. The smallest absolute Gasteiger partial charge is 0.189 e. The van der Waals surface area contributed by atoms with E-state index in [0.29, 0.717) is 17.9 Å². The quantitative estimate of drug-likeness (QED) is 0.457. The molecule has 1 aliphatic rings. The molecule has 0 aliphatic heterocycles.